The summed E-state index contributed by atoms with van der Waals surface area (Å²) < 4.78 is 0. The third kappa shape index (κ3) is 5.43. The van der Waals surface area contributed by atoms with Crippen LogP contribution in [0.1, 0.15) is 20.8 Å². The van der Waals surface area contributed by atoms with Gasteiger partial charge in [0.05, 0.1) is 10.0 Å². The van der Waals surface area contributed by atoms with Crippen molar-refractivity contribution in [1.82, 2.24) is 0 Å². The van der Waals surface area contributed by atoms with Gasteiger partial charge in [-0.25, -0.2) is 0 Å². The SMILES string of the molecule is C\C=C/C(C)=N\C(=C/C)CSc1c(Cl)cccc1Cl. The van der Waals surface area contributed by atoms with Crippen molar-refractivity contribution in [2.75, 3.05) is 5.75 Å². The molecule has 0 radical (unpaired) electrons. The van der Waals surface area contributed by atoms with Crippen molar-refractivity contribution < 1.29 is 0 Å². The summed E-state index contributed by atoms with van der Waals surface area (Å²) in [5, 5.41) is 1.37. The van der Waals surface area contributed by atoms with Gasteiger partial charge in [-0.1, -0.05) is 41.4 Å². The summed E-state index contributed by atoms with van der Waals surface area (Å²) in [6.07, 6.45) is 5.96. The summed E-state index contributed by atoms with van der Waals surface area (Å²) in [6.45, 7) is 5.94. The fourth-order valence-corrected chi connectivity index (χ4v) is 3.11. The zero-order chi connectivity index (χ0) is 14.3. The summed E-state index contributed by atoms with van der Waals surface area (Å²) in [7, 11) is 0. The lowest BCUT2D eigenvalue weighted by molar-refractivity contribution is 1.29. The molecule has 0 aliphatic carbocycles. The van der Waals surface area contributed by atoms with E-state index in [0.717, 1.165) is 22.1 Å². The minimum atomic E-state index is 0.683. The molecule has 102 valence electrons. The van der Waals surface area contributed by atoms with E-state index >= 15 is 0 Å². The molecule has 0 heterocycles. The molecule has 0 saturated carbocycles. The first-order valence-corrected chi connectivity index (χ1v) is 7.72. The number of hydrogen-bond donors (Lipinski definition) is 0. The third-order valence-electron chi connectivity index (χ3n) is 2.34. The highest BCUT2D eigenvalue weighted by Gasteiger charge is 2.06. The summed E-state index contributed by atoms with van der Waals surface area (Å²) in [5.74, 6) is 0.745. The summed E-state index contributed by atoms with van der Waals surface area (Å²) in [4.78, 5) is 5.45. The Hall–Kier alpha value is -0.700. The molecule has 0 aliphatic heterocycles. The maximum atomic E-state index is 6.14. The first kappa shape index (κ1) is 16.4. The summed E-state index contributed by atoms with van der Waals surface area (Å²) >= 11 is 13.9. The van der Waals surface area contributed by atoms with Gasteiger partial charge in [-0.05, 0) is 39.0 Å². The van der Waals surface area contributed by atoms with Gasteiger partial charge in [0.2, 0.25) is 0 Å². The van der Waals surface area contributed by atoms with E-state index < -0.39 is 0 Å². The van der Waals surface area contributed by atoms with Crippen LogP contribution in [0.5, 0.6) is 0 Å². The zero-order valence-corrected chi connectivity index (χ0v) is 13.6. The highest BCUT2D eigenvalue weighted by atomic mass is 35.5. The number of rotatable bonds is 5. The van der Waals surface area contributed by atoms with Crippen molar-refractivity contribution in [3.05, 3.63) is 52.2 Å². The van der Waals surface area contributed by atoms with Gasteiger partial charge in [-0.15, -0.1) is 11.8 Å². The first-order chi connectivity index (χ1) is 9.08. The van der Waals surface area contributed by atoms with E-state index in [4.69, 9.17) is 23.2 Å². The van der Waals surface area contributed by atoms with Crippen LogP contribution in [-0.2, 0) is 0 Å². The Labute approximate surface area is 129 Å². The number of allylic oxidation sites excluding steroid dienone is 3. The van der Waals surface area contributed by atoms with E-state index in [9.17, 15) is 0 Å². The molecule has 0 N–H and O–H groups in total. The molecule has 0 amide bonds. The highest BCUT2D eigenvalue weighted by Crippen LogP contribution is 2.34. The monoisotopic (exact) mass is 313 g/mol. The second-order valence-corrected chi connectivity index (χ2v) is 5.67. The maximum absolute atomic E-state index is 6.14. The van der Waals surface area contributed by atoms with Gasteiger partial charge >= 0.3 is 0 Å². The smallest absolute Gasteiger partial charge is 0.0557 e. The quantitative estimate of drug-likeness (QED) is 0.478. The van der Waals surface area contributed by atoms with Gasteiger partial charge in [-0.2, -0.15) is 0 Å². The molecule has 0 saturated heterocycles. The Morgan fingerprint density at radius 2 is 1.89 bits per heavy atom. The molecule has 0 fully saturated rings. The van der Waals surface area contributed by atoms with Crippen molar-refractivity contribution in [3.8, 4) is 0 Å². The van der Waals surface area contributed by atoms with Crippen LogP contribution in [0, 0.1) is 0 Å². The summed E-state index contributed by atoms with van der Waals surface area (Å²) in [5.41, 5.74) is 2.00. The summed E-state index contributed by atoms with van der Waals surface area (Å²) in [6, 6.07) is 5.54. The van der Waals surface area contributed by atoms with Gasteiger partial charge in [0, 0.05) is 22.1 Å². The lowest BCUT2D eigenvalue weighted by Gasteiger charge is -2.07. The molecule has 0 bridgehead atoms. The molecule has 0 aromatic heterocycles. The Balaban J connectivity index is 2.77. The van der Waals surface area contributed by atoms with Crippen LogP contribution in [0.4, 0.5) is 0 Å². The predicted octanol–water partition coefficient (Wildman–Crippen LogP) is 6.03. The molecule has 19 heavy (non-hydrogen) atoms. The lowest BCUT2D eigenvalue weighted by atomic mass is 10.3. The van der Waals surface area contributed by atoms with E-state index in [-0.39, 0.29) is 0 Å². The molecule has 4 heteroatoms. The molecular formula is C15H17Cl2NS. The van der Waals surface area contributed by atoms with Crippen LogP contribution in [0.15, 0.2) is 52.0 Å². The molecule has 1 rings (SSSR count). The van der Waals surface area contributed by atoms with Crippen molar-refractivity contribution in [3.63, 3.8) is 0 Å². The zero-order valence-electron chi connectivity index (χ0n) is 11.3. The Morgan fingerprint density at radius 1 is 1.26 bits per heavy atom. The molecular weight excluding hydrogens is 297 g/mol. The van der Waals surface area contributed by atoms with Crippen LogP contribution < -0.4 is 0 Å². The molecule has 0 atom stereocenters. The number of halogens is 2. The second kappa shape index (κ2) is 8.47. The van der Waals surface area contributed by atoms with Gasteiger partial charge in [-0.3, -0.25) is 4.99 Å². The van der Waals surface area contributed by atoms with Gasteiger partial charge < -0.3 is 0 Å². The van der Waals surface area contributed by atoms with Crippen LogP contribution in [0.3, 0.4) is 0 Å². The van der Waals surface area contributed by atoms with Crippen LogP contribution >= 0.6 is 35.0 Å². The van der Waals surface area contributed by atoms with Crippen LogP contribution in [-0.4, -0.2) is 11.5 Å². The number of thioether (sulfide) groups is 1. The van der Waals surface area contributed by atoms with E-state index in [1.165, 1.54) is 0 Å². The lowest BCUT2D eigenvalue weighted by Crippen LogP contribution is -1.91. The molecule has 1 aromatic rings. The molecule has 0 aliphatic rings. The minimum absolute atomic E-state index is 0.683. The molecule has 1 nitrogen and oxygen atoms in total. The Morgan fingerprint density at radius 3 is 2.42 bits per heavy atom. The van der Waals surface area contributed by atoms with E-state index in [2.05, 4.69) is 4.99 Å². The maximum Gasteiger partial charge on any atom is 0.0557 e. The Kier molecular flexibility index (Phi) is 7.29. The third-order valence-corrected chi connectivity index (χ3v) is 4.37. The van der Waals surface area contributed by atoms with Gasteiger partial charge in [0.1, 0.15) is 0 Å². The minimum Gasteiger partial charge on any atom is -0.258 e. The van der Waals surface area contributed by atoms with Crippen molar-refractivity contribution in [1.29, 1.82) is 0 Å². The number of aliphatic imine (C=N–C) groups is 1. The van der Waals surface area contributed by atoms with Crippen molar-refractivity contribution in [2.45, 2.75) is 25.7 Å². The van der Waals surface area contributed by atoms with Crippen molar-refractivity contribution in [2.24, 2.45) is 4.99 Å². The number of hydrogen-bond acceptors (Lipinski definition) is 2. The number of nitrogens with zero attached hydrogens (tertiary/aromatic N) is 1. The topological polar surface area (TPSA) is 12.4 Å². The van der Waals surface area contributed by atoms with Crippen LogP contribution in [0.2, 0.25) is 10.0 Å². The molecule has 0 spiro atoms. The average Bonchev–Trinajstić information content (AvgIpc) is 2.37. The average molecular weight is 314 g/mol. The fraction of sp³-hybridized carbons (Fsp3) is 0.267. The largest absolute Gasteiger partial charge is 0.258 e. The van der Waals surface area contributed by atoms with E-state index in [1.807, 2.05) is 57.2 Å². The fourth-order valence-electron chi connectivity index (χ4n) is 1.45. The predicted molar refractivity (Wildman–Crippen MR) is 88.9 cm³/mol. The normalized spacial score (nSPS) is 13.3. The van der Waals surface area contributed by atoms with E-state index in [0.29, 0.717) is 10.0 Å². The van der Waals surface area contributed by atoms with Crippen LogP contribution in [0.25, 0.3) is 0 Å². The van der Waals surface area contributed by atoms with Gasteiger partial charge in [0.25, 0.3) is 0 Å². The number of benzene rings is 1. The second-order valence-electron chi connectivity index (χ2n) is 3.87. The standard InChI is InChI=1S/C15H17Cl2NS/c1-4-7-11(3)18-12(5-2)10-19-15-13(16)8-6-9-14(15)17/h4-9H,10H2,1-3H3/b7-4-,12-5-,18-11-. The first-order valence-electron chi connectivity index (χ1n) is 5.98. The molecule has 0 unspecified atom stereocenters. The van der Waals surface area contributed by atoms with Crippen molar-refractivity contribution >= 4 is 40.7 Å². The Bertz CT molecular complexity index is 499. The highest BCUT2D eigenvalue weighted by molar-refractivity contribution is 7.99. The van der Waals surface area contributed by atoms with Gasteiger partial charge in [0.15, 0.2) is 0 Å². The van der Waals surface area contributed by atoms with E-state index in [1.54, 1.807) is 11.8 Å². The molecule has 1 aromatic carbocycles.